The van der Waals surface area contributed by atoms with Crippen molar-refractivity contribution >= 4 is 23.7 Å². The number of nitrogens with one attached hydrogen (secondary N) is 2. The lowest BCUT2D eigenvalue weighted by Gasteiger charge is -2.15. The topological polar surface area (TPSA) is 70.8 Å². The van der Waals surface area contributed by atoms with Gasteiger partial charge in [-0.1, -0.05) is 54.1 Å². The van der Waals surface area contributed by atoms with Crippen molar-refractivity contribution in [2.45, 2.75) is 12.2 Å². The highest BCUT2D eigenvalue weighted by Gasteiger charge is 2.36. The molecule has 0 aliphatic carbocycles. The molecule has 0 unspecified atom stereocenters. The second-order valence-electron chi connectivity index (χ2n) is 5.80. The van der Waals surface area contributed by atoms with E-state index in [-0.39, 0.29) is 16.4 Å². The number of rotatable bonds is 5. The number of aromatic nitrogens is 2. The second kappa shape index (κ2) is 7.85. The maximum absolute atomic E-state index is 13.2. The predicted octanol–water partition coefficient (Wildman–Crippen LogP) is 4.67. The van der Waals surface area contributed by atoms with Gasteiger partial charge < -0.3 is 10.7 Å². The van der Waals surface area contributed by atoms with Gasteiger partial charge in [0.05, 0.1) is 16.8 Å². The molecule has 0 bridgehead atoms. The number of hydrogen-bond acceptors (Lipinski definition) is 3. The minimum absolute atomic E-state index is 0.135. The Kier molecular flexibility index (Phi) is 5.51. The zero-order chi connectivity index (χ0) is 20.3. The number of alkyl halides is 3. The molecule has 0 spiro atoms. The summed E-state index contributed by atoms with van der Waals surface area (Å²) < 4.78 is 40.4. The fourth-order valence-corrected chi connectivity index (χ4v) is 2.80. The van der Waals surface area contributed by atoms with Gasteiger partial charge in [0.25, 0.3) is 5.91 Å². The third-order valence-electron chi connectivity index (χ3n) is 3.93. The molecule has 1 aromatic heterocycles. The summed E-state index contributed by atoms with van der Waals surface area (Å²) in [6, 6.07) is 14.6. The van der Waals surface area contributed by atoms with E-state index in [0.717, 1.165) is 10.9 Å². The van der Waals surface area contributed by atoms with Crippen LogP contribution in [-0.2, 0) is 6.18 Å². The monoisotopic (exact) mass is 406 g/mol. The van der Waals surface area contributed by atoms with Crippen molar-refractivity contribution in [1.29, 1.82) is 5.41 Å². The molecule has 1 heterocycles. The van der Waals surface area contributed by atoms with Crippen molar-refractivity contribution in [2.75, 3.05) is 0 Å². The molecule has 0 saturated heterocycles. The van der Waals surface area contributed by atoms with Crippen LogP contribution in [0.5, 0.6) is 0 Å². The van der Waals surface area contributed by atoms with E-state index in [2.05, 4.69) is 10.4 Å². The van der Waals surface area contributed by atoms with E-state index in [1.165, 1.54) is 12.1 Å². The van der Waals surface area contributed by atoms with E-state index >= 15 is 0 Å². The van der Waals surface area contributed by atoms with Crippen LogP contribution in [-0.4, -0.2) is 21.9 Å². The summed E-state index contributed by atoms with van der Waals surface area (Å²) in [5, 5.41) is 13.8. The van der Waals surface area contributed by atoms with Gasteiger partial charge in [-0.15, -0.1) is 0 Å². The van der Waals surface area contributed by atoms with Crippen LogP contribution in [0.3, 0.4) is 0 Å². The van der Waals surface area contributed by atoms with Gasteiger partial charge in [0, 0.05) is 12.3 Å². The quantitative estimate of drug-likeness (QED) is 0.605. The maximum Gasteiger partial charge on any atom is 0.435 e. The summed E-state index contributed by atoms with van der Waals surface area (Å²) >= 11 is 6.08. The molecule has 1 amide bonds. The maximum atomic E-state index is 13.2. The highest BCUT2D eigenvalue weighted by atomic mass is 35.5. The zero-order valence-electron chi connectivity index (χ0n) is 14.2. The van der Waals surface area contributed by atoms with E-state index in [1.807, 2.05) is 0 Å². The first-order valence-corrected chi connectivity index (χ1v) is 8.47. The third-order valence-corrected chi connectivity index (χ3v) is 4.24. The molecule has 0 radical (unpaired) electrons. The molecule has 1 atom stereocenters. The lowest BCUT2D eigenvalue weighted by molar-refractivity contribution is -0.141. The van der Waals surface area contributed by atoms with Crippen LogP contribution in [0.1, 0.15) is 27.8 Å². The van der Waals surface area contributed by atoms with Gasteiger partial charge in [-0.05, 0) is 17.7 Å². The number of carbonyl (C=O) groups excluding carboxylic acids is 1. The zero-order valence-corrected chi connectivity index (χ0v) is 15.0. The van der Waals surface area contributed by atoms with Crippen LogP contribution in [0, 0.1) is 5.41 Å². The van der Waals surface area contributed by atoms with Gasteiger partial charge in [0.15, 0.2) is 5.69 Å². The standard InChI is InChI=1S/C19H14ClF3N4O/c20-13-8-4-5-9-15(13)27-16(10-17(26-27)19(21,22)23)18(28)25-14(11-24)12-6-2-1-3-7-12/h1-11,14,24H,(H,25,28)/t14-/m1/s1. The molecule has 2 aromatic carbocycles. The molecular weight excluding hydrogens is 393 g/mol. The summed E-state index contributed by atoms with van der Waals surface area (Å²) in [7, 11) is 0. The summed E-state index contributed by atoms with van der Waals surface area (Å²) in [5.41, 5.74) is -0.812. The van der Waals surface area contributed by atoms with Crippen molar-refractivity contribution in [3.63, 3.8) is 0 Å². The average Bonchev–Trinajstić information content (AvgIpc) is 3.13. The number of hydrogen-bond donors (Lipinski definition) is 2. The molecule has 0 aliphatic heterocycles. The van der Waals surface area contributed by atoms with Crippen molar-refractivity contribution < 1.29 is 18.0 Å². The SMILES string of the molecule is N=C[C@@H](NC(=O)c1cc(C(F)(F)F)nn1-c1ccccc1Cl)c1ccccc1. The number of nitrogens with zero attached hydrogens (tertiary/aromatic N) is 2. The lowest BCUT2D eigenvalue weighted by Crippen LogP contribution is -2.31. The van der Waals surface area contributed by atoms with Crippen LogP contribution in [0.25, 0.3) is 5.69 Å². The molecule has 5 nitrogen and oxygen atoms in total. The highest BCUT2D eigenvalue weighted by molar-refractivity contribution is 6.32. The second-order valence-corrected chi connectivity index (χ2v) is 6.21. The van der Waals surface area contributed by atoms with Crippen molar-refractivity contribution in [3.05, 3.63) is 82.6 Å². The Labute approximate surface area is 163 Å². The van der Waals surface area contributed by atoms with E-state index in [9.17, 15) is 18.0 Å². The van der Waals surface area contributed by atoms with Gasteiger partial charge in [0.1, 0.15) is 5.69 Å². The number of para-hydroxylation sites is 1. The molecule has 0 fully saturated rings. The molecule has 28 heavy (non-hydrogen) atoms. The Bertz CT molecular complexity index is 1000. The first-order chi connectivity index (χ1) is 13.3. The lowest BCUT2D eigenvalue weighted by atomic mass is 10.1. The van der Waals surface area contributed by atoms with Gasteiger partial charge >= 0.3 is 6.18 Å². The normalized spacial score (nSPS) is 12.4. The highest BCUT2D eigenvalue weighted by Crippen LogP contribution is 2.31. The average molecular weight is 407 g/mol. The fourth-order valence-electron chi connectivity index (χ4n) is 2.59. The van der Waals surface area contributed by atoms with Crippen LogP contribution in [0.15, 0.2) is 60.7 Å². The Balaban J connectivity index is 2.02. The van der Waals surface area contributed by atoms with Crippen molar-refractivity contribution in [1.82, 2.24) is 15.1 Å². The summed E-state index contributed by atoms with van der Waals surface area (Å²) in [5.74, 6) is -0.819. The molecule has 3 rings (SSSR count). The summed E-state index contributed by atoms with van der Waals surface area (Å²) in [6.45, 7) is 0. The third kappa shape index (κ3) is 4.07. The number of halogens is 4. The summed E-state index contributed by atoms with van der Waals surface area (Å²) in [4.78, 5) is 12.7. The Morgan fingerprint density at radius 1 is 1.14 bits per heavy atom. The Hall–Kier alpha value is -3.13. The van der Waals surface area contributed by atoms with E-state index < -0.39 is 23.8 Å². The minimum atomic E-state index is -4.73. The fraction of sp³-hybridized carbons (Fsp3) is 0.105. The first kappa shape index (κ1) is 19.6. The number of carbonyl (C=O) groups is 1. The van der Waals surface area contributed by atoms with Gasteiger partial charge in [0.2, 0.25) is 0 Å². The van der Waals surface area contributed by atoms with Crippen LogP contribution in [0.4, 0.5) is 13.2 Å². The molecule has 144 valence electrons. The predicted molar refractivity (Wildman–Crippen MR) is 99.0 cm³/mol. The van der Waals surface area contributed by atoms with Gasteiger partial charge in [-0.2, -0.15) is 18.3 Å². The molecule has 0 saturated carbocycles. The molecule has 3 aromatic rings. The number of benzene rings is 2. The first-order valence-electron chi connectivity index (χ1n) is 8.10. The molecule has 2 N–H and O–H groups in total. The van der Waals surface area contributed by atoms with Crippen molar-refractivity contribution in [2.24, 2.45) is 0 Å². The molecular formula is C19H14ClF3N4O. The minimum Gasteiger partial charge on any atom is -0.339 e. The van der Waals surface area contributed by atoms with Crippen LogP contribution in [0.2, 0.25) is 5.02 Å². The number of amides is 1. The van der Waals surface area contributed by atoms with Gasteiger partial charge in [-0.25, -0.2) is 4.68 Å². The largest absolute Gasteiger partial charge is 0.435 e. The van der Waals surface area contributed by atoms with E-state index in [1.54, 1.807) is 42.5 Å². The van der Waals surface area contributed by atoms with Crippen LogP contribution >= 0.6 is 11.6 Å². The smallest absolute Gasteiger partial charge is 0.339 e. The Morgan fingerprint density at radius 2 is 1.79 bits per heavy atom. The Morgan fingerprint density at radius 3 is 2.39 bits per heavy atom. The van der Waals surface area contributed by atoms with E-state index in [0.29, 0.717) is 11.6 Å². The van der Waals surface area contributed by atoms with Gasteiger partial charge in [-0.3, -0.25) is 4.79 Å². The van der Waals surface area contributed by atoms with Crippen LogP contribution < -0.4 is 5.32 Å². The van der Waals surface area contributed by atoms with E-state index in [4.69, 9.17) is 17.0 Å². The summed E-state index contributed by atoms with van der Waals surface area (Å²) in [6.07, 6.45) is -3.74. The molecule has 0 aliphatic rings. The van der Waals surface area contributed by atoms with Crippen molar-refractivity contribution in [3.8, 4) is 5.69 Å². The molecule has 9 heteroatoms.